The Morgan fingerprint density at radius 1 is 1.23 bits per heavy atom. The standard InChI is InChI=1S/C16H17N3O6S/c20-15(17-14-6-9-25-18-14)11-24-16(21)12-4-3-5-13(10-12)26(22,23)19-7-1-2-8-19/h3-6,9-10H,1-2,7-8,11H2,(H,17,18,20). The monoisotopic (exact) mass is 379 g/mol. The van der Waals surface area contributed by atoms with Gasteiger partial charge in [0.25, 0.3) is 5.91 Å². The van der Waals surface area contributed by atoms with Crippen molar-refractivity contribution in [3.63, 3.8) is 0 Å². The summed E-state index contributed by atoms with van der Waals surface area (Å²) in [5, 5.41) is 5.88. The van der Waals surface area contributed by atoms with E-state index >= 15 is 0 Å². The number of amides is 1. The number of hydrogen-bond acceptors (Lipinski definition) is 7. The zero-order chi connectivity index (χ0) is 18.6. The van der Waals surface area contributed by atoms with Crippen LogP contribution in [0.25, 0.3) is 0 Å². The number of hydrogen-bond donors (Lipinski definition) is 1. The van der Waals surface area contributed by atoms with E-state index in [4.69, 9.17) is 4.74 Å². The van der Waals surface area contributed by atoms with Crippen molar-refractivity contribution in [2.24, 2.45) is 0 Å². The lowest BCUT2D eigenvalue weighted by Crippen LogP contribution is -2.28. The number of nitrogens with zero attached hydrogens (tertiary/aromatic N) is 2. The highest BCUT2D eigenvalue weighted by molar-refractivity contribution is 7.89. The molecule has 1 aromatic heterocycles. The highest BCUT2D eigenvalue weighted by atomic mass is 32.2. The van der Waals surface area contributed by atoms with Gasteiger partial charge in [-0.2, -0.15) is 4.31 Å². The van der Waals surface area contributed by atoms with Crippen LogP contribution in [0.4, 0.5) is 5.82 Å². The summed E-state index contributed by atoms with van der Waals surface area (Å²) in [6, 6.07) is 7.02. The maximum atomic E-state index is 12.5. The number of nitrogens with one attached hydrogen (secondary N) is 1. The number of benzene rings is 1. The van der Waals surface area contributed by atoms with Gasteiger partial charge in [0.1, 0.15) is 6.26 Å². The van der Waals surface area contributed by atoms with Crippen LogP contribution in [0.5, 0.6) is 0 Å². The number of esters is 1. The number of sulfonamides is 1. The Kier molecular flexibility index (Phi) is 5.33. The van der Waals surface area contributed by atoms with E-state index in [1.807, 2.05) is 0 Å². The van der Waals surface area contributed by atoms with Gasteiger partial charge in [0.15, 0.2) is 12.4 Å². The van der Waals surface area contributed by atoms with Crippen molar-refractivity contribution in [2.45, 2.75) is 17.7 Å². The second-order valence-electron chi connectivity index (χ2n) is 5.65. The van der Waals surface area contributed by atoms with Crippen molar-refractivity contribution in [3.8, 4) is 0 Å². The zero-order valence-corrected chi connectivity index (χ0v) is 14.6. The Labute approximate surface area is 150 Å². The first-order chi connectivity index (χ1) is 12.5. The lowest BCUT2D eigenvalue weighted by molar-refractivity contribution is -0.119. The highest BCUT2D eigenvalue weighted by Crippen LogP contribution is 2.21. The minimum Gasteiger partial charge on any atom is -0.452 e. The fourth-order valence-corrected chi connectivity index (χ4v) is 4.09. The van der Waals surface area contributed by atoms with Crippen LogP contribution in [0.3, 0.4) is 0 Å². The molecule has 0 spiro atoms. The van der Waals surface area contributed by atoms with Crippen LogP contribution in [0.2, 0.25) is 0 Å². The number of carbonyl (C=O) groups excluding carboxylic acids is 2. The quantitative estimate of drug-likeness (QED) is 0.750. The fraction of sp³-hybridized carbons (Fsp3) is 0.312. The maximum absolute atomic E-state index is 12.5. The Morgan fingerprint density at radius 2 is 2.00 bits per heavy atom. The third-order valence-electron chi connectivity index (χ3n) is 3.81. The molecule has 26 heavy (non-hydrogen) atoms. The topological polar surface area (TPSA) is 119 Å². The molecule has 1 fully saturated rings. The van der Waals surface area contributed by atoms with Gasteiger partial charge in [0.2, 0.25) is 10.0 Å². The van der Waals surface area contributed by atoms with Crippen LogP contribution in [-0.4, -0.2) is 49.5 Å². The summed E-state index contributed by atoms with van der Waals surface area (Å²) in [4.78, 5) is 23.8. The largest absolute Gasteiger partial charge is 0.452 e. The summed E-state index contributed by atoms with van der Waals surface area (Å²) >= 11 is 0. The molecule has 0 saturated carbocycles. The summed E-state index contributed by atoms with van der Waals surface area (Å²) in [7, 11) is -3.63. The molecule has 1 amide bonds. The van der Waals surface area contributed by atoms with Crippen LogP contribution in [0.15, 0.2) is 46.0 Å². The minimum atomic E-state index is -3.63. The maximum Gasteiger partial charge on any atom is 0.338 e. The SMILES string of the molecule is O=C(COC(=O)c1cccc(S(=O)(=O)N2CCCC2)c1)Nc1ccon1. The second-order valence-corrected chi connectivity index (χ2v) is 7.59. The van der Waals surface area contributed by atoms with Gasteiger partial charge < -0.3 is 14.6 Å². The van der Waals surface area contributed by atoms with Gasteiger partial charge in [-0.15, -0.1) is 0 Å². The molecule has 1 saturated heterocycles. The molecule has 0 aliphatic carbocycles. The molecule has 1 aromatic carbocycles. The Balaban J connectivity index is 1.63. The molecule has 9 nitrogen and oxygen atoms in total. The number of aromatic nitrogens is 1. The molecule has 10 heteroatoms. The van der Waals surface area contributed by atoms with Gasteiger partial charge in [0, 0.05) is 19.2 Å². The van der Waals surface area contributed by atoms with E-state index in [2.05, 4.69) is 15.0 Å². The molecule has 2 aromatic rings. The molecule has 0 radical (unpaired) electrons. The van der Waals surface area contributed by atoms with Crippen molar-refractivity contribution in [2.75, 3.05) is 25.0 Å². The Bertz CT molecular complexity index is 888. The molecular weight excluding hydrogens is 362 g/mol. The summed E-state index contributed by atoms with van der Waals surface area (Å²) in [5.74, 6) is -1.18. The van der Waals surface area contributed by atoms with Crippen molar-refractivity contribution >= 4 is 27.7 Å². The summed E-state index contributed by atoms with van der Waals surface area (Å²) in [5.41, 5.74) is 0.0551. The molecule has 1 aliphatic heterocycles. The van der Waals surface area contributed by atoms with E-state index in [0.717, 1.165) is 12.8 Å². The predicted octanol–water partition coefficient (Wildman–Crippen LogP) is 1.25. The lowest BCUT2D eigenvalue weighted by Gasteiger charge is -2.15. The van der Waals surface area contributed by atoms with Gasteiger partial charge in [-0.25, -0.2) is 13.2 Å². The first kappa shape index (κ1) is 18.1. The van der Waals surface area contributed by atoms with Gasteiger partial charge in [-0.1, -0.05) is 11.2 Å². The average molecular weight is 379 g/mol. The van der Waals surface area contributed by atoms with Crippen molar-refractivity contribution in [3.05, 3.63) is 42.2 Å². The van der Waals surface area contributed by atoms with Gasteiger partial charge >= 0.3 is 5.97 Å². The number of carbonyl (C=O) groups is 2. The second kappa shape index (κ2) is 7.67. The Hall–Kier alpha value is -2.72. The van der Waals surface area contributed by atoms with Crippen LogP contribution >= 0.6 is 0 Å². The summed E-state index contributed by atoms with van der Waals surface area (Å²) in [6.45, 7) is 0.410. The highest BCUT2D eigenvalue weighted by Gasteiger charge is 2.27. The molecule has 1 aliphatic rings. The van der Waals surface area contributed by atoms with Gasteiger partial charge in [-0.05, 0) is 31.0 Å². The van der Waals surface area contributed by atoms with E-state index in [1.165, 1.54) is 40.9 Å². The van der Waals surface area contributed by atoms with Gasteiger partial charge in [0.05, 0.1) is 10.5 Å². The number of ether oxygens (including phenoxy) is 1. The Morgan fingerprint density at radius 3 is 2.69 bits per heavy atom. The van der Waals surface area contributed by atoms with Crippen LogP contribution in [0.1, 0.15) is 23.2 Å². The van der Waals surface area contributed by atoms with E-state index in [0.29, 0.717) is 13.1 Å². The van der Waals surface area contributed by atoms with E-state index in [9.17, 15) is 18.0 Å². The molecular formula is C16H17N3O6S. The van der Waals surface area contributed by atoms with Crippen LogP contribution in [0, 0.1) is 0 Å². The van der Waals surface area contributed by atoms with E-state index in [1.54, 1.807) is 0 Å². The minimum absolute atomic E-state index is 0.0286. The molecule has 3 rings (SSSR count). The van der Waals surface area contributed by atoms with Crippen LogP contribution in [-0.2, 0) is 19.6 Å². The van der Waals surface area contributed by atoms with Crippen molar-refractivity contribution in [1.29, 1.82) is 0 Å². The van der Waals surface area contributed by atoms with Crippen molar-refractivity contribution in [1.82, 2.24) is 9.46 Å². The van der Waals surface area contributed by atoms with Gasteiger partial charge in [-0.3, -0.25) is 4.79 Å². The first-order valence-corrected chi connectivity index (χ1v) is 9.38. The smallest absolute Gasteiger partial charge is 0.338 e. The molecule has 0 bridgehead atoms. The molecule has 0 unspecified atom stereocenters. The third-order valence-corrected chi connectivity index (χ3v) is 5.71. The summed E-state index contributed by atoms with van der Waals surface area (Å²) < 4.78 is 36.0. The molecule has 0 atom stereocenters. The molecule has 2 heterocycles. The number of anilines is 1. The zero-order valence-electron chi connectivity index (χ0n) is 13.8. The predicted molar refractivity (Wildman–Crippen MR) is 89.9 cm³/mol. The first-order valence-electron chi connectivity index (χ1n) is 7.94. The normalized spacial score (nSPS) is 14.9. The lowest BCUT2D eigenvalue weighted by atomic mass is 10.2. The van der Waals surface area contributed by atoms with Crippen LogP contribution < -0.4 is 5.32 Å². The fourth-order valence-electron chi connectivity index (χ4n) is 2.53. The average Bonchev–Trinajstić information content (AvgIpc) is 3.34. The third kappa shape index (κ3) is 4.09. The van der Waals surface area contributed by atoms with E-state index < -0.39 is 28.5 Å². The number of rotatable bonds is 6. The molecule has 1 N–H and O–H groups in total. The van der Waals surface area contributed by atoms with Crippen molar-refractivity contribution < 1.29 is 27.3 Å². The summed E-state index contributed by atoms with van der Waals surface area (Å²) in [6.07, 6.45) is 2.93. The van der Waals surface area contributed by atoms with E-state index in [-0.39, 0.29) is 16.3 Å². The molecule has 138 valence electrons.